The fourth-order valence-electron chi connectivity index (χ4n) is 3.05. The molecule has 26 heavy (non-hydrogen) atoms. The summed E-state index contributed by atoms with van der Waals surface area (Å²) in [6, 6.07) is 6.18. The minimum absolute atomic E-state index is 0. The Kier molecular flexibility index (Phi) is 8.82. The Hall–Kier alpha value is -1.35. The van der Waals surface area contributed by atoms with Crippen molar-refractivity contribution in [2.24, 2.45) is 5.73 Å². The molecule has 0 heterocycles. The molecule has 7 nitrogen and oxygen atoms in total. The van der Waals surface area contributed by atoms with Gasteiger partial charge in [0.15, 0.2) is 0 Å². The maximum Gasteiger partial charge on any atom is 0.240 e. The van der Waals surface area contributed by atoms with Gasteiger partial charge in [-0.1, -0.05) is 12.8 Å². The standard InChI is InChI=1S/C17H27N3O4S.ClH/c1-2-24-14-5-7-15(8-6-14)25(22,23)19-12-9-16(21)20-17(13-18)10-3-4-11-17;/h5-8,19H,2-4,9-13,18H2,1H3,(H,20,21);1H. The monoisotopic (exact) mass is 405 g/mol. The van der Waals surface area contributed by atoms with Crippen molar-refractivity contribution < 1.29 is 17.9 Å². The second kappa shape index (κ2) is 10.1. The van der Waals surface area contributed by atoms with Crippen LogP contribution in [0.1, 0.15) is 39.0 Å². The van der Waals surface area contributed by atoms with Crippen LogP contribution in [0, 0.1) is 0 Å². The Morgan fingerprint density at radius 1 is 1.23 bits per heavy atom. The number of amides is 1. The predicted molar refractivity (Wildman–Crippen MR) is 103 cm³/mol. The van der Waals surface area contributed by atoms with Crippen LogP contribution >= 0.6 is 12.4 Å². The quantitative estimate of drug-likeness (QED) is 0.577. The van der Waals surface area contributed by atoms with Crippen molar-refractivity contribution in [1.82, 2.24) is 10.0 Å². The maximum absolute atomic E-state index is 12.2. The Morgan fingerprint density at radius 3 is 2.38 bits per heavy atom. The van der Waals surface area contributed by atoms with Gasteiger partial charge < -0.3 is 15.8 Å². The second-order valence-electron chi connectivity index (χ2n) is 6.29. The van der Waals surface area contributed by atoms with E-state index in [4.69, 9.17) is 10.5 Å². The van der Waals surface area contributed by atoms with Gasteiger partial charge >= 0.3 is 0 Å². The van der Waals surface area contributed by atoms with Crippen molar-refractivity contribution in [3.05, 3.63) is 24.3 Å². The number of rotatable bonds is 9. The molecule has 0 bridgehead atoms. The summed E-state index contributed by atoms with van der Waals surface area (Å²) in [5.41, 5.74) is 5.47. The highest BCUT2D eigenvalue weighted by molar-refractivity contribution is 7.89. The first-order chi connectivity index (χ1) is 11.9. The summed E-state index contributed by atoms with van der Waals surface area (Å²) < 4.78 is 32.2. The van der Waals surface area contributed by atoms with Crippen LogP contribution in [0.5, 0.6) is 5.75 Å². The van der Waals surface area contributed by atoms with Gasteiger partial charge in [-0.2, -0.15) is 0 Å². The Balaban J connectivity index is 0.00000338. The zero-order valence-corrected chi connectivity index (χ0v) is 16.6. The molecule has 2 rings (SSSR count). The number of halogens is 1. The van der Waals surface area contributed by atoms with Crippen LogP contribution in [-0.2, 0) is 14.8 Å². The van der Waals surface area contributed by atoms with E-state index in [1.165, 1.54) is 12.1 Å². The molecule has 1 saturated carbocycles. The van der Waals surface area contributed by atoms with Gasteiger partial charge in [-0.15, -0.1) is 12.4 Å². The predicted octanol–water partition coefficient (Wildman–Crippen LogP) is 1.56. The van der Waals surface area contributed by atoms with Crippen molar-refractivity contribution in [3.8, 4) is 5.75 Å². The largest absolute Gasteiger partial charge is 0.494 e. The SMILES string of the molecule is CCOc1ccc(S(=O)(=O)NCCC(=O)NC2(CN)CCCC2)cc1.Cl. The molecule has 0 aromatic heterocycles. The molecule has 4 N–H and O–H groups in total. The molecule has 1 fully saturated rings. The molecule has 0 radical (unpaired) electrons. The van der Waals surface area contributed by atoms with Crippen molar-refractivity contribution in [3.63, 3.8) is 0 Å². The maximum atomic E-state index is 12.2. The molecule has 0 spiro atoms. The van der Waals surface area contributed by atoms with Crippen LogP contribution in [0.2, 0.25) is 0 Å². The van der Waals surface area contributed by atoms with E-state index in [2.05, 4.69) is 10.0 Å². The normalized spacial score (nSPS) is 15.9. The van der Waals surface area contributed by atoms with E-state index in [-0.39, 0.29) is 41.7 Å². The lowest BCUT2D eigenvalue weighted by molar-refractivity contribution is -0.122. The lowest BCUT2D eigenvalue weighted by Crippen LogP contribution is -2.52. The van der Waals surface area contributed by atoms with Gasteiger partial charge in [-0.05, 0) is 44.0 Å². The van der Waals surface area contributed by atoms with Crippen molar-refractivity contribution in [2.75, 3.05) is 19.7 Å². The zero-order chi connectivity index (χ0) is 18.3. The number of sulfonamides is 1. The van der Waals surface area contributed by atoms with Gasteiger partial charge in [-0.25, -0.2) is 13.1 Å². The van der Waals surface area contributed by atoms with Gasteiger partial charge in [0.2, 0.25) is 15.9 Å². The van der Waals surface area contributed by atoms with Crippen LogP contribution in [0.3, 0.4) is 0 Å². The lowest BCUT2D eigenvalue weighted by Gasteiger charge is -2.28. The molecule has 0 unspecified atom stereocenters. The number of ether oxygens (including phenoxy) is 1. The van der Waals surface area contributed by atoms with Crippen LogP contribution in [0.25, 0.3) is 0 Å². The average molecular weight is 406 g/mol. The third-order valence-electron chi connectivity index (χ3n) is 4.45. The number of carbonyl (C=O) groups excluding carboxylic acids is 1. The zero-order valence-electron chi connectivity index (χ0n) is 15.0. The third-order valence-corrected chi connectivity index (χ3v) is 5.92. The van der Waals surface area contributed by atoms with Gasteiger partial charge in [0, 0.05) is 19.5 Å². The molecule has 1 aliphatic carbocycles. The lowest BCUT2D eigenvalue weighted by atomic mass is 9.97. The molecular weight excluding hydrogens is 378 g/mol. The van der Waals surface area contributed by atoms with Gasteiger partial charge in [-0.3, -0.25) is 4.79 Å². The fourth-order valence-corrected chi connectivity index (χ4v) is 4.09. The number of hydrogen-bond acceptors (Lipinski definition) is 5. The molecule has 1 aromatic carbocycles. The summed E-state index contributed by atoms with van der Waals surface area (Å²) in [6.45, 7) is 2.83. The molecular formula is C17H28ClN3O4S. The number of benzene rings is 1. The minimum atomic E-state index is -3.65. The summed E-state index contributed by atoms with van der Waals surface area (Å²) in [5.74, 6) is 0.436. The van der Waals surface area contributed by atoms with Crippen molar-refractivity contribution in [2.45, 2.75) is 49.5 Å². The average Bonchev–Trinajstić information content (AvgIpc) is 3.04. The number of nitrogens with one attached hydrogen (secondary N) is 2. The highest BCUT2D eigenvalue weighted by Gasteiger charge is 2.33. The Labute approximate surface area is 161 Å². The molecule has 1 aliphatic rings. The van der Waals surface area contributed by atoms with Crippen LogP contribution < -0.4 is 20.5 Å². The topological polar surface area (TPSA) is 111 Å². The van der Waals surface area contributed by atoms with E-state index in [9.17, 15) is 13.2 Å². The highest BCUT2D eigenvalue weighted by atomic mass is 35.5. The third kappa shape index (κ3) is 6.12. The van der Waals surface area contributed by atoms with E-state index in [1.54, 1.807) is 12.1 Å². The van der Waals surface area contributed by atoms with E-state index >= 15 is 0 Å². The number of nitrogens with two attached hydrogens (primary N) is 1. The molecule has 0 aliphatic heterocycles. The molecule has 148 valence electrons. The van der Waals surface area contributed by atoms with Crippen LogP contribution in [0.4, 0.5) is 0 Å². The molecule has 0 atom stereocenters. The minimum Gasteiger partial charge on any atom is -0.494 e. The van der Waals surface area contributed by atoms with E-state index in [1.807, 2.05) is 6.92 Å². The van der Waals surface area contributed by atoms with Gasteiger partial charge in [0.05, 0.1) is 17.0 Å². The summed E-state index contributed by atoms with van der Waals surface area (Å²) in [5, 5.41) is 2.97. The van der Waals surface area contributed by atoms with Crippen LogP contribution in [0.15, 0.2) is 29.2 Å². The first-order valence-corrected chi connectivity index (χ1v) is 10.1. The highest BCUT2D eigenvalue weighted by Crippen LogP contribution is 2.28. The van der Waals surface area contributed by atoms with Gasteiger partial charge in [0.25, 0.3) is 0 Å². The van der Waals surface area contributed by atoms with Crippen molar-refractivity contribution >= 4 is 28.3 Å². The van der Waals surface area contributed by atoms with Gasteiger partial charge in [0.1, 0.15) is 5.75 Å². The number of hydrogen-bond donors (Lipinski definition) is 3. The summed E-state index contributed by atoms with van der Waals surface area (Å²) >= 11 is 0. The summed E-state index contributed by atoms with van der Waals surface area (Å²) in [6.07, 6.45) is 3.96. The fraction of sp³-hybridized carbons (Fsp3) is 0.588. The Morgan fingerprint density at radius 2 is 1.85 bits per heavy atom. The van der Waals surface area contributed by atoms with E-state index < -0.39 is 10.0 Å². The molecule has 0 saturated heterocycles. The smallest absolute Gasteiger partial charge is 0.240 e. The first-order valence-electron chi connectivity index (χ1n) is 8.64. The van der Waals surface area contributed by atoms with Crippen molar-refractivity contribution in [1.29, 1.82) is 0 Å². The molecule has 1 aromatic rings. The molecule has 9 heteroatoms. The van der Waals surface area contributed by atoms with Crippen LogP contribution in [-0.4, -0.2) is 39.6 Å². The number of carbonyl (C=O) groups is 1. The summed E-state index contributed by atoms with van der Waals surface area (Å²) in [7, 11) is -3.65. The second-order valence-corrected chi connectivity index (χ2v) is 8.06. The van der Waals surface area contributed by atoms with E-state index in [0.29, 0.717) is 18.9 Å². The van der Waals surface area contributed by atoms with E-state index in [0.717, 1.165) is 25.7 Å². The summed E-state index contributed by atoms with van der Waals surface area (Å²) in [4.78, 5) is 12.2. The Bertz CT molecular complexity index is 674. The molecule has 1 amide bonds. The first kappa shape index (κ1) is 22.7.